The normalized spacial score (nSPS) is 12.4. The lowest BCUT2D eigenvalue weighted by molar-refractivity contribution is 0.226. The van der Waals surface area contributed by atoms with Crippen molar-refractivity contribution in [1.29, 1.82) is 0 Å². The Balaban J connectivity index is 2.47. The third kappa shape index (κ3) is 7.23. The Morgan fingerprint density at radius 3 is 1.09 bits per heavy atom. The molecule has 4 heteroatoms. The Labute approximate surface area is 208 Å². The van der Waals surface area contributed by atoms with Gasteiger partial charge in [0.25, 0.3) is 0 Å². The topological polar surface area (TPSA) is 46.9 Å². The van der Waals surface area contributed by atoms with Gasteiger partial charge in [0.15, 0.2) is 0 Å². The van der Waals surface area contributed by atoms with Crippen LogP contribution in [0.4, 0.5) is 0 Å². The van der Waals surface area contributed by atoms with Gasteiger partial charge in [-0.1, -0.05) is 79.7 Å². The number of likely N-dealkylation sites (N-methyl/N-ethyl adjacent to an activating group) is 1. The second-order valence-electron chi connectivity index (χ2n) is 11.4. The van der Waals surface area contributed by atoms with Gasteiger partial charge in [-0.3, -0.25) is 4.90 Å². The first-order chi connectivity index (χ1) is 15.8. The van der Waals surface area contributed by atoms with Gasteiger partial charge in [-0.05, 0) is 71.1 Å². The van der Waals surface area contributed by atoms with E-state index in [1.54, 1.807) is 0 Å². The number of hydrogen-bond donors (Lipinski definition) is 2. The third-order valence-corrected chi connectivity index (χ3v) is 6.62. The first kappa shape index (κ1) is 28.2. The molecule has 0 aromatic heterocycles. The number of hydrogen-bond acceptors (Lipinski definition) is 4. The zero-order valence-corrected chi connectivity index (χ0v) is 23.2. The Morgan fingerprint density at radius 1 is 0.559 bits per heavy atom. The summed E-state index contributed by atoms with van der Waals surface area (Å²) in [5.41, 5.74) is 6.61. The van der Waals surface area contributed by atoms with E-state index in [2.05, 4.69) is 104 Å². The SMILES string of the molecule is CC(C)c1cc(CN(CCN(C)C)Cc2cc(C(C)C)c(O)c(C(C)C)c2)cc(C(C)C)c1O. The van der Waals surface area contributed by atoms with Gasteiger partial charge < -0.3 is 15.1 Å². The lowest BCUT2D eigenvalue weighted by Gasteiger charge is -2.27. The molecular formula is C30H48N2O2. The van der Waals surface area contributed by atoms with Gasteiger partial charge in [-0.15, -0.1) is 0 Å². The molecule has 2 rings (SSSR count). The molecule has 0 aliphatic carbocycles. The van der Waals surface area contributed by atoms with Crippen LogP contribution in [-0.2, 0) is 13.1 Å². The van der Waals surface area contributed by atoms with Gasteiger partial charge in [0.1, 0.15) is 11.5 Å². The highest BCUT2D eigenvalue weighted by Crippen LogP contribution is 2.37. The zero-order valence-electron chi connectivity index (χ0n) is 23.2. The van der Waals surface area contributed by atoms with E-state index >= 15 is 0 Å². The Bertz CT molecular complexity index is 815. The van der Waals surface area contributed by atoms with Crippen LogP contribution in [0.5, 0.6) is 11.5 Å². The first-order valence-corrected chi connectivity index (χ1v) is 12.9. The lowest BCUT2D eigenvalue weighted by atomic mass is 9.90. The van der Waals surface area contributed by atoms with E-state index in [1.165, 1.54) is 11.1 Å². The Kier molecular flexibility index (Phi) is 10.0. The highest BCUT2D eigenvalue weighted by Gasteiger charge is 2.19. The van der Waals surface area contributed by atoms with Crippen LogP contribution < -0.4 is 0 Å². The molecule has 0 unspecified atom stereocenters. The number of aromatic hydroxyl groups is 2. The van der Waals surface area contributed by atoms with Crippen molar-refractivity contribution >= 4 is 0 Å². The van der Waals surface area contributed by atoms with Crippen LogP contribution in [0.25, 0.3) is 0 Å². The van der Waals surface area contributed by atoms with Crippen molar-refractivity contribution in [2.45, 2.75) is 92.2 Å². The van der Waals surface area contributed by atoms with Gasteiger partial charge in [0, 0.05) is 26.2 Å². The molecule has 2 N–H and O–H groups in total. The molecule has 0 amide bonds. The van der Waals surface area contributed by atoms with Crippen molar-refractivity contribution in [3.8, 4) is 11.5 Å². The van der Waals surface area contributed by atoms with Gasteiger partial charge in [-0.25, -0.2) is 0 Å². The molecule has 2 aromatic rings. The van der Waals surface area contributed by atoms with Crippen LogP contribution in [-0.4, -0.2) is 47.2 Å². The fraction of sp³-hybridized carbons (Fsp3) is 0.600. The van der Waals surface area contributed by atoms with E-state index in [0.717, 1.165) is 48.4 Å². The van der Waals surface area contributed by atoms with Gasteiger partial charge >= 0.3 is 0 Å². The molecule has 0 bridgehead atoms. The monoisotopic (exact) mass is 468 g/mol. The molecule has 0 saturated carbocycles. The van der Waals surface area contributed by atoms with Crippen LogP contribution in [0.1, 0.15) is 112 Å². The number of phenolic OH excluding ortho intramolecular Hbond substituents is 2. The number of phenols is 2. The maximum absolute atomic E-state index is 10.8. The van der Waals surface area contributed by atoms with Crippen LogP contribution in [0.3, 0.4) is 0 Å². The van der Waals surface area contributed by atoms with Crippen molar-refractivity contribution < 1.29 is 10.2 Å². The number of benzene rings is 2. The molecule has 2 aromatic carbocycles. The number of nitrogens with zero attached hydrogens (tertiary/aromatic N) is 2. The largest absolute Gasteiger partial charge is 0.507 e. The third-order valence-electron chi connectivity index (χ3n) is 6.62. The van der Waals surface area contributed by atoms with Crippen molar-refractivity contribution in [2.75, 3.05) is 27.2 Å². The van der Waals surface area contributed by atoms with E-state index in [4.69, 9.17) is 0 Å². The van der Waals surface area contributed by atoms with Gasteiger partial charge in [0.2, 0.25) is 0 Å². The second kappa shape index (κ2) is 12.1. The summed E-state index contributed by atoms with van der Waals surface area (Å²) < 4.78 is 0. The van der Waals surface area contributed by atoms with E-state index in [0.29, 0.717) is 11.5 Å². The summed E-state index contributed by atoms with van der Waals surface area (Å²) in [6.07, 6.45) is 0. The van der Waals surface area contributed by atoms with Crippen molar-refractivity contribution in [3.05, 3.63) is 57.6 Å². The molecule has 0 radical (unpaired) electrons. The Hall–Kier alpha value is -2.04. The van der Waals surface area contributed by atoms with Crippen LogP contribution in [0.2, 0.25) is 0 Å². The van der Waals surface area contributed by atoms with Crippen LogP contribution >= 0.6 is 0 Å². The van der Waals surface area contributed by atoms with E-state index in [9.17, 15) is 10.2 Å². The van der Waals surface area contributed by atoms with Gasteiger partial charge in [-0.2, -0.15) is 0 Å². The molecule has 0 aliphatic heterocycles. The summed E-state index contributed by atoms with van der Waals surface area (Å²) in [5, 5.41) is 21.7. The molecule has 0 saturated heterocycles. The van der Waals surface area contributed by atoms with Crippen molar-refractivity contribution in [3.63, 3.8) is 0 Å². The van der Waals surface area contributed by atoms with E-state index < -0.39 is 0 Å². The maximum Gasteiger partial charge on any atom is 0.122 e. The minimum atomic E-state index is 0.270. The summed E-state index contributed by atoms with van der Waals surface area (Å²) in [4.78, 5) is 4.71. The molecule has 190 valence electrons. The highest BCUT2D eigenvalue weighted by atomic mass is 16.3. The fourth-order valence-corrected chi connectivity index (χ4v) is 4.50. The predicted octanol–water partition coefficient (Wildman–Crippen LogP) is 7.16. The van der Waals surface area contributed by atoms with Crippen LogP contribution in [0, 0.1) is 0 Å². The molecule has 34 heavy (non-hydrogen) atoms. The second-order valence-corrected chi connectivity index (χ2v) is 11.4. The quantitative estimate of drug-likeness (QED) is 0.367. The average Bonchev–Trinajstić information content (AvgIpc) is 2.73. The average molecular weight is 469 g/mol. The maximum atomic E-state index is 10.8. The lowest BCUT2D eigenvalue weighted by Crippen LogP contribution is -2.31. The molecular weight excluding hydrogens is 420 g/mol. The summed E-state index contributed by atoms with van der Waals surface area (Å²) in [5.74, 6) is 1.99. The Morgan fingerprint density at radius 2 is 0.853 bits per heavy atom. The predicted molar refractivity (Wildman–Crippen MR) is 145 cm³/mol. The van der Waals surface area contributed by atoms with E-state index in [1.807, 2.05) is 0 Å². The summed E-state index contributed by atoms with van der Waals surface area (Å²) in [7, 11) is 4.22. The summed E-state index contributed by atoms with van der Waals surface area (Å²) in [6, 6.07) is 8.74. The van der Waals surface area contributed by atoms with Crippen molar-refractivity contribution in [1.82, 2.24) is 9.80 Å². The van der Waals surface area contributed by atoms with Crippen molar-refractivity contribution in [2.24, 2.45) is 0 Å². The van der Waals surface area contributed by atoms with E-state index in [-0.39, 0.29) is 23.7 Å². The standard InChI is InChI=1S/C30H48N2O2/c1-19(2)25-13-23(14-26(20(3)4)29(25)33)17-32(12-11-31(9)10)18-24-15-27(21(5)6)30(34)28(16-24)22(7)8/h13-16,19-22,33-34H,11-12,17-18H2,1-10H3. The highest BCUT2D eigenvalue weighted by molar-refractivity contribution is 5.48. The zero-order chi connectivity index (χ0) is 25.7. The number of rotatable bonds is 11. The smallest absolute Gasteiger partial charge is 0.122 e. The molecule has 0 heterocycles. The molecule has 4 nitrogen and oxygen atoms in total. The fourth-order valence-electron chi connectivity index (χ4n) is 4.50. The minimum Gasteiger partial charge on any atom is -0.507 e. The first-order valence-electron chi connectivity index (χ1n) is 12.9. The van der Waals surface area contributed by atoms with Gasteiger partial charge in [0.05, 0.1) is 0 Å². The molecule has 0 spiro atoms. The molecule has 0 aliphatic rings. The summed E-state index contributed by atoms with van der Waals surface area (Å²) in [6.45, 7) is 20.7. The van der Waals surface area contributed by atoms with Crippen LogP contribution in [0.15, 0.2) is 24.3 Å². The minimum absolute atomic E-state index is 0.270. The molecule has 0 fully saturated rings. The molecule has 0 atom stereocenters. The summed E-state index contributed by atoms with van der Waals surface area (Å²) >= 11 is 0.